The number of rotatable bonds is 5. The van der Waals surface area contributed by atoms with E-state index in [1.165, 1.54) is 19.4 Å². The van der Waals surface area contributed by atoms with Crippen molar-refractivity contribution in [3.63, 3.8) is 0 Å². The molecular weight excluding hydrogens is 200 g/mol. The van der Waals surface area contributed by atoms with Crippen LogP contribution in [0.25, 0.3) is 0 Å². The third kappa shape index (κ3) is 4.40. The second-order valence-corrected chi connectivity index (χ2v) is 5.67. The van der Waals surface area contributed by atoms with Gasteiger partial charge < -0.3 is 10.4 Å². The van der Waals surface area contributed by atoms with Gasteiger partial charge in [0.1, 0.15) is 0 Å². The lowest BCUT2D eigenvalue weighted by Crippen LogP contribution is -2.50. The van der Waals surface area contributed by atoms with E-state index in [0.717, 1.165) is 12.5 Å². The molecule has 0 saturated carbocycles. The Morgan fingerprint density at radius 1 is 1.38 bits per heavy atom. The zero-order valence-corrected chi connectivity index (χ0v) is 11.2. The molecule has 1 saturated heterocycles. The number of nitrogens with zero attached hydrogens (tertiary/aromatic N) is 1. The molecule has 0 aromatic carbocycles. The zero-order chi connectivity index (χ0) is 12.1. The number of aliphatic hydroxyl groups is 1. The molecule has 1 rings (SSSR count). The summed E-state index contributed by atoms with van der Waals surface area (Å²) in [6, 6.07) is 1.32. The predicted octanol–water partition coefficient (Wildman–Crippen LogP) is 1.47. The third-order valence-corrected chi connectivity index (χ3v) is 3.52. The van der Waals surface area contributed by atoms with Crippen LogP contribution in [0.5, 0.6) is 0 Å². The first-order chi connectivity index (χ1) is 7.52. The molecule has 0 aromatic heterocycles. The average molecular weight is 228 g/mol. The summed E-state index contributed by atoms with van der Waals surface area (Å²) < 4.78 is 0. The van der Waals surface area contributed by atoms with E-state index in [4.69, 9.17) is 0 Å². The van der Waals surface area contributed by atoms with Crippen molar-refractivity contribution in [3.05, 3.63) is 0 Å². The van der Waals surface area contributed by atoms with Crippen molar-refractivity contribution in [1.29, 1.82) is 0 Å². The molecule has 3 atom stereocenters. The molecule has 0 bridgehead atoms. The summed E-state index contributed by atoms with van der Waals surface area (Å²) in [7, 11) is 0. The third-order valence-electron chi connectivity index (χ3n) is 3.52. The maximum absolute atomic E-state index is 9.35. The molecule has 2 N–H and O–H groups in total. The summed E-state index contributed by atoms with van der Waals surface area (Å²) in [5, 5.41) is 12.8. The lowest BCUT2D eigenvalue weighted by molar-refractivity contribution is 0.0989. The topological polar surface area (TPSA) is 35.5 Å². The summed E-state index contributed by atoms with van der Waals surface area (Å²) in [6.07, 6.45) is 2.59. The van der Waals surface area contributed by atoms with E-state index < -0.39 is 0 Å². The maximum atomic E-state index is 9.35. The van der Waals surface area contributed by atoms with Crippen molar-refractivity contribution in [3.8, 4) is 0 Å². The highest BCUT2D eigenvalue weighted by Gasteiger charge is 2.24. The highest BCUT2D eigenvalue weighted by molar-refractivity contribution is 4.81. The normalized spacial score (nSPS) is 29.6. The number of hydrogen-bond acceptors (Lipinski definition) is 3. The van der Waals surface area contributed by atoms with E-state index >= 15 is 0 Å². The van der Waals surface area contributed by atoms with Crippen LogP contribution < -0.4 is 5.32 Å². The molecule has 96 valence electrons. The summed E-state index contributed by atoms with van der Waals surface area (Å²) in [5.74, 6) is 0.858. The van der Waals surface area contributed by atoms with Crippen molar-refractivity contribution in [1.82, 2.24) is 10.2 Å². The van der Waals surface area contributed by atoms with Gasteiger partial charge in [-0.2, -0.15) is 0 Å². The summed E-state index contributed by atoms with van der Waals surface area (Å²) >= 11 is 0. The van der Waals surface area contributed by atoms with Crippen LogP contribution in [-0.4, -0.2) is 47.8 Å². The van der Waals surface area contributed by atoms with Crippen molar-refractivity contribution in [2.75, 3.05) is 19.7 Å². The molecule has 1 fully saturated rings. The van der Waals surface area contributed by atoms with Crippen LogP contribution in [-0.2, 0) is 0 Å². The van der Waals surface area contributed by atoms with Crippen LogP contribution in [0.1, 0.15) is 40.5 Å². The van der Waals surface area contributed by atoms with Gasteiger partial charge in [-0.15, -0.1) is 0 Å². The Morgan fingerprint density at radius 3 is 2.56 bits per heavy atom. The lowest BCUT2D eigenvalue weighted by atomic mass is 9.93. The SMILES string of the molecule is CC1CCN(CC(CO)NC(C)C)C(C)C1. The largest absolute Gasteiger partial charge is 0.395 e. The Kier molecular flexibility index (Phi) is 5.73. The molecule has 0 spiro atoms. The number of piperidine rings is 1. The highest BCUT2D eigenvalue weighted by Crippen LogP contribution is 2.21. The van der Waals surface area contributed by atoms with Crippen LogP contribution in [0.2, 0.25) is 0 Å². The molecule has 0 amide bonds. The molecule has 1 aliphatic rings. The van der Waals surface area contributed by atoms with Crippen LogP contribution in [0.15, 0.2) is 0 Å². The van der Waals surface area contributed by atoms with Gasteiger partial charge in [0.15, 0.2) is 0 Å². The van der Waals surface area contributed by atoms with E-state index in [2.05, 4.69) is 37.9 Å². The molecular formula is C13H28N2O. The molecule has 0 aliphatic carbocycles. The van der Waals surface area contributed by atoms with E-state index in [-0.39, 0.29) is 12.6 Å². The van der Waals surface area contributed by atoms with E-state index in [0.29, 0.717) is 12.1 Å². The fraction of sp³-hybridized carbons (Fsp3) is 1.00. The molecule has 3 unspecified atom stereocenters. The monoisotopic (exact) mass is 228 g/mol. The van der Waals surface area contributed by atoms with Gasteiger partial charge in [-0.05, 0) is 32.2 Å². The number of aliphatic hydroxyl groups excluding tert-OH is 1. The molecule has 0 aromatic rings. The lowest BCUT2D eigenvalue weighted by Gasteiger charge is -2.38. The first-order valence-corrected chi connectivity index (χ1v) is 6.63. The van der Waals surface area contributed by atoms with Gasteiger partial charge in [-0.3, -0.25) is 4.90 Å². The molecule has 16 heavy (non-hydrogen) atoms. The Morgan fingerprint density at radius 2 is 2.06 bits per heavy atom. The van der Waals surface area contributed by atoms with Crippen LogP contribution in [0, 0.1) is 5.92 Å². The van der Waals surface area contributed by atoms with Crippen LogP contribution >= 0.6 is 0 Å². The smallest absolute Gasteiger partial charge is 0.0597 e. The Bertz CT molecular complexity index is 196. The summed E-state index contributed by atoms with van der Waals surface area (Å²) in [6.45, 7) is 11.3. The van der Waals surface area contributed by atoms with E-state index in [9.17, 15) is 5.11 Å². The van der Waals surface area contributed by atoms with Gasteiger partial charge in [-0.1, -0.05) is 20.8 Å². The quantitative estimate of drug-likeness (QED) is 0.748. The van der Waals surface area contributed by atoms with E-state index in [1.807, 2.05) is 0 Å². The molecule has 1 heterocycles. The standard InChI is InChI=1S/C13H28N2O/c1-10(2)14-13(9-16)8-15-6-5-11(3)7-12(15)4/h10-14,16H,5-9H2,1-4H3. The number of nitrogens with one attached hydrogen (secondary N) is 1. The molecule has 1 aliphatic heterocycles. The van der Waals surface area contributed by atoms with Gasteiger partial charge in [0.25, 0.3) is 0 Å². The second kappa shape index (κ2) is 6.58. The van der Waals surface area contributed by atoms with Gasteiger partial charge >= 0.3 is 0 Å². The highest BCUT2D eigenvalue weighted by atomic mass is 16.3. The first-order valence-electron chi connectivity index (χ1n) is 6.63. The summed E-state index contributed by atoms with van der Waals surface area (Å²) in [4.78, 5) is 2.51. The maximum Gasteiger partial charge on any atom is 0.0597 e. The minimum absolute atomic E-state index is 0.218. The molecule has 3 heteroatoms. The number of hydrogen-bond donors (Lipinski definition) is 2. The Labute approximate surface area is 100 Å². The summed E-state index contributed by atoms with van der Waals surface area (Å²) in [5.41, 5.74) is 0. The van der Waals surface area contributed by atoms with Gasteiger partial charge in [0, 0.05) is 24.7 Å². The zero-order valence-electron chi connectivity index (χ0n) is 11.2. The van der Waals surface area contributed by atoms with Crippen molar-refractivity contribution in [2.45, 2.75) is 58.7 Å². The van der Waals surface area contributed by atoms with Crippen molar-refractivity contribution >= 4 is 0 Å². The Hall–Kier alpha value is -0.120. The average Bonchev–Trinajstić information content (AvgIpc) is 2.20. The second-order valence-electron chi connectivity index (χ2n) is 5.67. The van der Waals surface area contributed by atoms with Gasteiger partial charge in [-0.25, -0.2) is 0 Å². The van der Waals surface area contributed by atoms with Gasteiger partial charge in [0.05, 0.1) is 6.61 Å². The van der Waals surface area contributed by atoms with Crippen molar-refractivity contribution < 1.29 is 5.11 Å². The predicted molar refractivity (Wildman–Crippen MR) is 68.6 cm³/mol. The number of likely N-dealkylation sites (tertiary alicyclic amines) is 1. The molecule has 0 radical (unpaired) electrons. The van der Waals surface area contributed by atoms with Gasteiger partial charge in [0.2, 0.25) is 0 Å². The fourth-order valence-corrected chi connectivity index (χ4v) is 2.64. The minimum Gasteiger partial charge on any atom is -0.395 e. The first kappa shape index (κ1) is 13.9. The minimum atomic E-state index is 0.218. The van der Waals surface area contributed by atoms with E-state index in [1.54, 1.807) is 0 Å². The molecule has 3 nitrogen and oxygen atoms in total. The van der Waals surface area contributed by atoms with Crippen LogP contribution in [0.4, 0.5) is 0 Å². The van der Waals surface area contributed by atoms with Crippen molar-refractivity contribution in [2.24, 2.45) is 5.92 Å². The fourth-order valence-electron chi connectivity index (χ4n) is 2.64. The van der Waals surface area contributed by atoms with Crippen LogP contribution in [0.3, 0.4) is 0 Å². The Balaban J connectivity index is 2.39.